The summed E-state index contributed by atoms with van der Waals surface area (Å²) in [7, 11) is 0. The third-order valence-electron chi connectivity index (χ3n) is 3.09. The van der Waals surface area contributed by atoms with Crippen molar-refractivity contribution in [2.24, 2.45) is 9.98 Å². The lowest BCUT2D eigenvalue weighted by Crippen LogP contribution is -1.96. The van der Waals surface area contributed by atoms with Gasteiger partial charge in [-0.1, -0.05) is 24.3 Å². The van der Waals surface area contributed by atoms with Crippen molar-refractivity contribution in [3.05, 3.63) is 79.9 Å². The molecule has 122 valence electrons. The molecule has 0 spiro atoms. The van der Waals surface area contributed by atoms with E-state index in [0.717, 1.165) is 0 Å². The van der Waals surface area contributed by atoms with Gasteiger partial charge in [-0.3, -0.25) is 30.2 Å². The first-order valence-electron chi connectivity index (χ1n) is 7.06. The van der Waals surface area contributed by atoms with Crippen LogP contribution in [0.25, 0.3) is 0 Å². The minimum atomic E-state index is -0.464. The van der Waals surface area contributed by atoms with E-state index in [-0.39, 0.29) is 11.4 Å². The molecule has 0 atom stereocenters. The number of aliphatic imine (C=N–C) groups is 2. The van der Waals surface area contributed by atoms with Crippen molar-refractivity contribution in [2.45, 2.75) is 0 Å². The highest BCUT2D eigenvalue weighted by Crippen LogP contribution is 2.16. The monoisotopic (exact) mass is 326 g/mol. The Hall–Kier alpha value is -3.42. The van der Waals surface area contributed by atoms with E-state index in [1.807, 2.05) is 0 Å². The van der Waals surface area contributed by atoms with Crippen LogP contribution in [-0.2, 0) is 0 Å². The summed E-state index contributed by atoms with van der Waals surface area (Å²) < 4.78 is 0. The molecule has 0 saturated carbocycles. The fourth-order valence-corrected chi connectivity index (χ4v) is 1.97. The van der Waals surface area contributed by atoms with Gasteiger partial charge in [-0.15, -0.1) is 0 Å². The van der Waals surface area contributed by atoms with Crippen molar-refractivity contribution in [1.82, 2.24) is 0 Å². The quantitative estimate of drug-likeness (QED) is 0.337. The number of nitro benzene ring substituents is 2. The van der Waals surface area contributed by atoms with Crippen LogP contribution in [0.3, 0.4) is 0 Å². The molecular weight excluding hydrogens is 312 g/mol. The molecule has 0 unspecified atom stereocenters. The van der Waals surface area contributed by atoms with Gasteiger partial charge in [0.1, 0.15) is 0 Å². The fraction of sp³-hybridized carbons (Fsp3) is 0.125. The summed E-state index contributed by atoms with van der Waals surface area (Å²) in [6, 6.07) is 12.6. The van der Waals surface area contributed by atoms with Gasteiger partial charge in [-0.2, -0.15) is 0 Å². The summed E-state index contributed by atoms with van der Waals surface area (Å²) in [4.78, 5) is 29.0. The van der Waals surface area contributed by atoms with Gasteiger partial charge >= 0.3 is 0 Å². The second-order valence-electron chi connectivity index (χ2n) is 4.70. The molecule has 8 nitrogen and oxygen atoms in total. The highest BCUT2D eigenvalue weighted by Gasteiger charge is 2.10. The first kappa shape index (κ1) is 16.9. The zero-order valence-corrected chi connectivity index (χ0v) is 12.6. The molecule has 2 aromatic rings. The van der Waals surface area contributed by atoms with Crippen LogP contribution in [0.1, 0.15) is 11.1 Å². The zero-order chi connectivity index (χ0) is 17.4. The maximum absolute atomic E-state index is 10.9. The molecule has 0 heterocycles. The van der Waals surface area contributed by atoms with E-state index in [9.17, 15) is 20.2 Å². The molecule has 24 heavy (non-hydrogen) atoms. The van der Waals surface area contributed by atoms with Gasteiger partial charge in [0.2, 0.25) is 0 Å². The number of benzene rings is 2. The van der Waals surface area contributed by atoms with Gasteiger partial charge in [0.25, 0.3) is 11.4 Å². The Morgan fingerprint density at radius 2 is 1.12 bits per heavy atom. The van der Waals surface area contributed by atoms with Crippen LogP contribution in [0.2, 0.25) is 0 Å². The average molecular weight is 326 g/mol. The van der Waals surface area contributed by atoms with Gasteiger partial charge < -0.3 is 0 Å². The molecule has 0 aliphatic rings. The molecule has 0 bridgehead atoms. The second-order valence-corrected chi connectivity index (χ2v) is 4.70. The lowest BCUT2D eigenvalue weighted by molar-refractivity contribution is -0.385. The molecular formula is C16H14N4O4. The Balaban J connectivity index is 1.94. The zero-order valence-electron chi connectivity index (χ0n) is 12.6. The van der Waals surface area contributed by atoms with Crippen LogP contribution in [0, 0.1) is 20.2 Å². The summed E-state index contributed by atoms with van der Waals surface area (Å²) in [5, 5.41) is 21.7. The first-order chi connectivity index (χ1) is 11.6. The normalized spacial score (nSPS) is 11.2. The molecule has 0 aliphatic carbocycles. The number of rotatable bonds is 7. The third kappa shape index (κ3) is 4.54. The van der Waals surface area contributed by atoms with E-state index in [4.69, 9.17) is 0 Å². The topological polar surface area (TPSA) is 111 Å². The van der Waals surface area contributed by atoms with Crippen molar-refractivity contribution in [3.63, 3.8) is 0 Å². The second kappa shape index (κ2) is 8.28. The number of nitro groups is 2. The number of para-hydroxylation sites is 2. The molecule has 0 N–H and O–H groups in total. The Morgan fingerprint density at radius 1 is 0.750 bits per heavy atom. The predicted octanol–water partition coefficient (Wildman–Crippen LogP) is 3.04. The van der Waals surface area contributed by atoms with Gasteiger partial charge in [0.15, 0.2) is 0 Å². The van der Waals surface area contributed by atoms with Crippen molar-refractivity contribution < 1.29 is 9.85 Å². The fourth-order valence-electron chi connectivity index (χ4n) is 1.97. The van der Waals surface area contributed by atoms with Crippen LogP contribution >= 0.6 is 0 Å². The average Bonchev–Trinajstić information content (AvgIpc) is 2.58. The van der Waals surface area contributed by atoms with E-state index in [1.54, 1.807) is 36.4 Å². The van der Waals surface area contributed by atoms with Crippen LogP contribution in [0.5, 0.6) is 0 Å². The van der Waals surface area contributed by atoms with Crippen molar-refractivity contribution in [2.75, 3.05) is 13.1 Å². The first-order valence-corrected chi connectivity index (χ1v) is 7.06. The van der Waals surface area contributed by atoms with E-state index in [0.29, 0.717) is 24.2 Å². The number of hydrogen-bond donors (Lipinski definition) is 0. The molecule has 0 fully saturated rings. The molecule has 0 amide bonds. The van der Waals surface area contributed by atoms with Crippen LogP contribution in [-0.4, -0.2) is 35.4 Å². The minimum Gasteiger partial charge on any atom is -0.290 e. The highest BCUT2D eigenvalue weighted by atomic mass is 16.6. The largest absolute Gasteiger partial charge is 0.290 e. The van der Waals surface area contributed by atoms with Gasteiger partial charge in [-0.05, 0) is 12.1 Å². The maximum atomic E-state index is 10.9. The van der Waals surface area contributed by atoms with Crippen molar-refractivity contribution in [3.8, 4) is 0 Å². The van der Waals surface area contributed by atoms with Crippen LogP contribution in [0.4, 0.5) is 11.4 Å². The maximum Gasteiger partial charge on any atom is 0.278 e. The van der Waals surface area contributed by atoms with Crippen LogP contribution < -0.4 is 0 Å². The van der Waals surface area contributed by atoms with Crippen molar-refractivity contribution in [1.29, 1.82) is 0 Å². The lowest BCUT2D eigenvalue weighted by atomic mass is 10.2. The third-order valence-corrected chi connectivity index (χ3v) is 3.09. The summed E-state index contributed by atoms with van der Waals surface area (Å²) in [5.41, 5.74) is 0.824. The molecule has 0 saturated heterocycles. The highest BCUT2D eigenvalue weighted by molar-refractivity contribution is 5.86. The lowest BCUT2D eigenvalue weighted by Gasteiger charge is -1.96. The molecule has 2 aromatic carbocycles. The standard InChI is InChI=1S/C16H14N4O4/c21-19(22)15-7-3-1-5-13(15)11-17-9-10-18-12-14-6-2-4-8-16(14)20(23)24/h1-8,11-12H,9-10H2/b17-11+,18-12+. The smallest absolute Gasteiger partial charge is 0.278 e. The van der Waals surface area contributed by atoms with Gasteiger partial charge in [0.05, 0.1) is 34.1 Å². The SMILES string of the molecule is O=[N+]([O-])c1ccccc1/C=N/CC/N=C/c1ccccc1[N+](=O)[O-]. The summed E-state index contributed by atoms with van der Waals surface area (Å²) in [5.74, 6) is 0. The number of nitrogens with zero attached hydrogens (tertiary/aromatic N) is 4. The van der Waals surface area contributed by atoms with E-state index in [1.165, 1.54) is 24.6 Å². The summed E-state index contributed by atoms with van der Waals surface area (Å²) in [6.07, 6.45) is 2.86. The number of hydrogen-bond acceptors (Lipinski definition) is 6. The Morgan fingerprint density at radius 3 is 1.50 bits per heavy atom. The Labute approximate surface area is 137 Å². The van der Waals surface area contributed by atoms with Gasteiger partial charge in [-0.25, -0.2) is 0 Å². The molecule has 0 radical (unpaired) electrons. The van der Waals surface area contributed by atoms with Crippen molar-refractivity contribution >= 4 is 23.8 Å². The van der Waals surface area contributed by atoms with E-state index >= 15 is 0 Å². The van der Waals surface area contributed by atoms with E-state index < -0.39 is 9.85 Å². The predicted molar refractivity (Wildman–Crippen MR) is 91.1 cm³/mol. The Bertz CT molecular complexity index is 735. The molecule has 0 aromatic heterocycles. The molecule has 8 heteroatoms. The summed E-state index contributed by atoms with van der Waals surface area (Å²) in [6.45, 7) is 0.645. The Kier molecular flexibility index (Phi) is 5.84. The van der Waals surface area contributed by atoms with Crippen LogP contribution in [0.15, 0.2) is 58.5 Å². The minimum absolute atomic E-state index is 0.00957. The summed E-state index contributed by atoms with van der Waals surface area (Å²) >= 11 is 0. The van der Waals surface area contributed by atoms with E-state index in [2.05, 4.69) is 9.98 Å². The van der Waals surface area contributed by atoms with Gasteiger partial charge in [0, 0.05) is 24.6 Å². The molecule has 0 aliphatic heterocycles. The molecule has 2 rings (SSSR count).